The fourth-order valence-electron chi connectivity index (χ4n) is 1.32. The normalized spacial score (nSPS) is 13.7. The molecule has 0 aliphatic rings. The molecule has 0 aliphatic carbocycles. The Morgan fingerprint density at radius 1 is 1.18 bits per heavy atom. The van der Waals surface area contributed by atoms with Crippen LogP contribution < -0.4 is 5.32 Å². The largest absolute Gasteiger partial charge is 0.416 e. The zero-order chi connectivity index (χ0) is 12.9. The van der Waals surface area contributed by atoms with Gasteiger partial charge in [-0.2, -0.15) is 13.2 Å². The molecule has 0 fully saturated rings. The van der Waals surface area contributed by atoms with Gasteiger partial charge in [-0.15, -0.1) is 0 Å². The molecular formula is C11H13F4NO. The summed E-state index contributed by atoms with van der Waals surface area (Å²) >= 11 is 0. The van der Waals surface area contributed by atoms with Crippen molar-refractivity contribution >= 4 is 0 Å². The summed E-state index contributed by atoms with van der Waals surface area (Å²) in [5, 5.41) is 12.2. The molecule has 96 valence electrons. The molecule has 0 amide bonds. The van der Waals surface area contributed by atoms with E-state index >= 15 is 0 Å². The summed E-state index contributed by atoms with van der Waals surface area (Å²) in [5.41, 5.74) is -0.394. The summed E-state index contributed by atoms with van der Waals surface area (Å²) in [5.74, 6) is 0. The molecule has 0 radical (unpaired) electrons. The van der Waals surface area contributed by atoms with Crippen molar-refractivity contribution in [2.45, 2.75) is 12.3 Å². The smallest absolute Gasteiger partial charge is 0.387 e. The highest BCUT2D eigenvalue weighted by Gasteiger charge is 2.30. The molecule has 0 aliphatic heterocycles. The number of alkyl halides is 4. The monoisotopic (exact) mass is 251 g/mol. The third-order valence-corrected chi connectivity index (χ3v) is 2.23. The van der Waals surface area contributed by atoms with E-state index in [9.17, 15) is 22.7 Å². The van der Waals surface area contributed by atoms with Gasteiger partial charge in [-0.1, -0.05) is 12.1 Å². The molecule has 1 rings (SSSR count). The summed E-state index contributed by atoms with van der Waals surface area (Å²) in [6.45, 7) is -0.341. The lowest BCUT2D eigenvalue weighted by Crippen LogP contribution is -2.23. The van der Waals surface area contributed by atoms with Crippen LogP contribution in [-0.4, -0.2) is 24.9 Å². The van der Waals surface area contributed by atoms with Crippen LogP contribution in [0.1, 0.15) is 17.2 Å². The van der Waals surface area contributed by atoms with Gasteiger partial charge in [0.1, 0.15) is 6.67 Å². The Kier molecular flexibility index (Phi) is 4.89. The second-order valence-corrected chi connectivity index (χ2v) is 3.53. The first-order chi connectivity index (χ1) is 7.95. The molecule has 1 aromatic carbocycles. The van der Waals surface area contributed by atoms with Crippen LogP contribution in [0.15, 0.2) is 24.3 Å². The third kappa shape index (κ3) is 4.32. The maximum absolute atomic E-state index is 12.3. The SMILES string of the molecule is OC(CNCCF)c1ccc(C(F)(F)F)cc1. The zero-order valence-electron chi connectivity index (χ0n) is 8.97. The second kappa shape index (κ2) is 5.97. The first-order valence-corrected chi connectivity index (χ1v) is 5.07. The molecule has 0 aromatic heterocycles. The Morgan fingerprint density at radius 3 is 2.24 bits per heavy atom. The quantitative estimate of drug-likeness (QED) is 0.621. The number of aliphatic hydroxyl groups excluding tert-OH is 1. The molecule has 2 N–H and O–H groups in total. The number of hydrogen-bond acceptors (Lipinski definition) is 2. The van der Waals surface area contributed by atoms with E-state index in [1.165, 1.54) is 12.1 Å². The van der Waals surface area contributed by atoms with Crippen molar-refractivity contribution in [1.82, 2.24) is 5.32 Å². The van der Waals surface area contributed by atoms with Crippen LogP contribution in [0.3, 0.4) is 0 Å². The van der Waals surface area contributed by atoms with E-state index in [4.69, 9.17) is 0 Å². The van der Waals surface area contributed by atoms with E-state index in [2.05, 4.69) is 5.32 Å². The van der Waals surface area contributed by atoms with Gasteiger partial charge in [0.15, 0.2) is 0 Å². The summed E-state index contributed by atoms with van der Waals surface area (Å²) in [7, 11) is 0. The maximum atomic E-state index is 12.3. The molecular weight excluding hydrogens is 238 g/mol. The molecule has 0 saturated heterocycles. The van der Waals surface area contributed by atoms with Gasteiger partial charge in [0, 0.05) is 13.1 Å². The number of nitrogens with one attached hydrogen (secondary N) is 1. The minimum atomic E-state index is -4.38. The van der Waals surface area contributed by atoms with E-state index in [1.807, 2.05) is 0 Å². The highest BCUT2D eigenvalue weighted by molar-refractivity contribution is 5.26. The molecule has 0 saturated carbocycles. The lowest BCUT2D eigenvalue weighted by atomic mass is 10.1. The lowest BCUT2D eigenvalue weighted by molar-refractivity contribution is -0.137. The summed E-state index contributed by atoms with van der Waals surface area (Å²) in [6.07, 6.45) is -5.32. The van der Waals surface area contributed by atoms with Crippen LogP contribution in [0.5, 0.6) is 0 Å². The summed E-state index contributed by atoms with van der Waals surface area (Å²) in [4.78, 5) is 0. The number of halogens is 4. The van der Waals surface area contributed by atoms with Gasteiger partial charge < -0.3 is 10.4 Å². The van der Waals surface area contributed by atoms with E-state index in [0.29, 0.717) is 5.56 Å². The molecule has 6 heteroatoms. The van der Waals surface area contributed by atoms with Crippen LogP contribution >= 0.6 is 0 Å². The Hall–Kier alpha value is -1.14. The molecule has 17 heavy (non-hydrogen) atoms. The Labute approximate surface area is 96.3 Å². The number of benzene rings is 1. The van der Waals surface area contributed by atoms with Gasteiger partial charge in [-0.25, -0.2) is 4.39 Å². The van der Waals surface area contributed by atoms with Gasteiger partial charge in [0.05, 0.1) is 11.7 Å². The molecule has 1 aromatic rings. The maximum Gasteiger partial charge on any atom is 0.416 e. The topological polar surface area (TPSA) is 32.3 Å². The predicted octanol–water partition coefficient (Wildman–Crippen LogP) is 2.30. The fraction of sp³-hybridized carbons (Fsp3) is 0.455. The third-order valence-electron chi connectivity index (χ3n) is 2.23. The van der Waals surface area contributed by atoms with Gasteiger partial charge in [-0.05, 0) is 17.7 Å². The molecule has 0 spiro atoms. The average molecular weight is 251 g/mol. The molecule has 1 atom stereocenters. The minimum Gasteiger partial charge on any atom is -0.387 e. The van der Waals surface area contributed by atoms with E-state index in [-0.39, 0.29) is 13.1 Å². The molecule has 1 unspecified atom stereocenters. The van der Waals surface area contributed by atoms with Crippen molar-refractivity contribution < 1.29 is 22.7 Å². The highest BCUT2D eigenvalue weighted by atomic mass is 19.4. The predicted molar refractivity (Wildman–Crippen MR) is 55.2 cm³/mol. The van der Waals surface area contributed by atoms with Crippen LogP contribution in [0.25, 0.3) is 0 Å². The van der Waals surface area contributed by atoms with Crippen LogP contribution in [0.4, 0.5) is 17.6 Å². The van der Waals surface area contributed by atoms with Gasteiger partial charge in [0.25, 0.3) is 0 Å². The lowest BCUT2D eigenvalue weighted by Gasteiger charge is -2.13. The van der Waals surface area contributed by atoms with Crippen molar-refractivity contribution in [3.63, 3.8) is 0 Å². The Bertz CT molecular complexity index is 336. The second-order valence-electron chi connectivity index (χ2n) is 3.53. The van der Waals surface area contributed by atoms with Crippen LogP contribution in [-0.2, 0) is 6.18 Å². The first kappa shape index (κ1) is 13.9. The van der Waals surface area contributed by atoms with E-state index in [0.717, 1.165) is 12.1 Å². The summed E-state index contributed by atoms with van der Waals surface area (Å²) in [6, 6.07) is 4.25. The number of aliphatic hydroxyl groups is 1. The van der Waals surface area contributed by atoms with Gasteiger partial charge in [0.2, 0.25) is 0 Å². The fourth-order valence-corrected chi connectivity index (χ4v) is 1.32. The average Bonchev–Trinajstić information content (AvgIpc) is 2.28. The van der Waals surface area contributed by atoms with Crippen LogP contribution in [0, 0.1) is 0 Å². The zero-order valence-corrected chi connectivity index (χ0v) is 8.97. The summed E-state index contributed by atoms with van der Waals surface area (Å²) < 4.78 is 48.5. The van der Waals surface area contributed by atoms with Crippen molar-refractivity contribution in [3.05, 3.63) is 35.4 Å². The minimum absolute atomic E-state index is 0.106. The number of hydrogen-bond donors (Lipinski definition) is 2. The van der Waals surface area contributed by atoms with Gasteiger partial charge >= 0.3 is 6.18 Å². The Balaban J connectivity index is 2.61. The van der Waals surface area contributed by atoms with Crippen molar-refractivity contribution in [3.8, 4) is 0 Å². The van der Waals surface area contributed by atoms with E-state index < -0.39 is 24.5 Å². The molecule has 0 bridgehead atoms. The van der Waals surface area contributed by atoms with Crippen LogP contribution in [0.2, 0.25) is 0 Å². The van der Waals surface area contributed by atoms with Crippen molar-refractivity contribution in [1.29, 1.82) is 0 Å². The standard InChI is InChI=1S/C11H13F4NO/c12-5-6-16-7-10(17)8-1-3-9(4-2-8)11(13,14)15/h1-4,10,16-17H,5-7H2. The van der Waals surface area contributed by atoms with Crippen molar-refractivity contribution in [2.24, 2.45) is 0 Å². The Morgan fingerprint density at radius 2 is 1.76 bits per heavy atom. The van der Waals surface area contributed by atoms with E-state index in [1.54, 1.807) is 0 Å². The van der Waals surface area contributed by atoms with Crippen molar-refractivity contribution in [2.75, 3.05) is 19.8 Å². The molecule has 0 heterocycles. The molecule has 2 nitrogen and oxygen atoms in total. The first-order valence-electron chi connectivity index (χ1n) is 5.07. The highest BCUT2D eigenvalue weighted by Crippen LogP contribution is 2.29. The number of rotatable bonds is 5. The van der Waals surface area contributed by atoms with Gasteiger partial charge in [-0.3, -0.25) is 0 Å².